The Kier molecular flexibility index (Phi) is 4.86. The molecule has 0 N–H and O–H groups in total. The van der Waals surface area contributed by atoms with E-state index in [1.807, 2.05) is 43.3 Å². The van der Waals surface area contributed by atoms with Crippen LogP contribution in [0.15, 0.2) is 33.7 Å². The molecule has 1 atom stereocenters. The molecule has 0 aliphatic carbocycles. The number of hydrogen-bond acceptors (Lipinski definition) is 6. The van der Waals surface area contributed by atoms with Gasteiger partial charge in [-0.25, -0.2) is 8.42 Å². The van der Waals surface area contributed by atoms with Crippen LogP contribution in [0.3, 0.4) is 0 Å². The first kappa shape index (κ1) is 17.9. The van der Waals surface area contributed by atoms with Gasteiger partial charge in [0.2, 0.25) is 10.0 Å². The van der Waals surface area contributed by atoms with Crippen LogP contribution in [-0.2, 0) is 14.8 Å². The minimum Gasteiger partial charge on any atom is -0.378 e. The molecule has 0 bridgehead atoms. The van der Waals surface area contributed by atoms with E-state index in [-0.39, 0.29) is 17.5 Å². The van der Waals surface area contributed by atoms with E-state index in [2.05, 4.69) is 5.16 Å². The largest absolute Gasteiger partial charge is 0.378 e. The Morgan fingerprint density at radius 1 is 1.20 bits per heavy atom. The summed E-state index contributed by atoms with van der Waals surface area (Å²) < 4.78 is 38.2. The monoisotopic (exact) mass is 365 g/mol. The molecule has 1 aliphatic heterocycles. The topological polar surface area (TPSA) is 75.9 Å². The number of hydrogen-bond donors (Lipinski definition) is 0. The van der Waals surface area contributed by atoms with Gasteiger partial charge < -0.3 is 14.2 Å². The maximum absolute atomic E-state index is 13.0. The average Bonchev–Trinajstić information content (AvgIpc) is 2.94. The fourth-order valence-electron chi connectivity index (χ4n) is 3.00. The molecule has 8 heteroatoms. The van der Waals surface area contributed by atoms with Crippen molar-refractivity contribution in [3.8, 4) is 0 Å². The molecule has 0 saturated carbocycles. The average molecular weight is 365 g/mol. The van der Waals surface area contributed by atoms with Crippen LogP contribution in [0.25, 0.3) is 0 Å². The van der Waals surface area contributed by atoms with Crippen LogP contribution in [0, 0.1) is 13.8 Å². The Morgan fingerprint density at radius 3 is 2.44 bits per heavy atom. The third kappa shape index (κ3) is 3.42. The summed E-state index contributed by atoms with van der Waals surface area (Å²) >= 11 is 0. The summed E-state index contributed by atoms with van der Waals surface area (Å²) in [4.78, 5) is 2.18. The maximum atomic E-state index is 13.0. The molecule has 2 aromatic rings. The number of nitrogens with zero attached hydrogens (tertiary/aromatic N) is 3. The second-order valence-corrected chi connectivity index (χ2v) is 8.24. The van der Waals surface area contributed by atoms with Crippen molar-refractivity contribution in [1.82, 2.24) is 9.46 Å². The molecule has 7 nitrogen and oxygen atoms in total. The van der Waals surface area contributed by atoms with Crippen molar-refractivity contribution < 1.29 is 17.7 Å². The number of aromatic nitrogens is 1. The van der Waals surface area contributed by atoms with Crippen molar-refractivity contribution in [3.63, 3.8) is 0 Å². The molecule has 2 heterocycles. The van der Waals surface area contributed by atoms with E-state index in [1.165, 1.54) is 4.31 Å². The Morgan fingerprint density at radius 2 is 1.88 bits per heavy atom. The van der Waals surface area contributed by atoms with Crippen LogP contribution in [0.5, 0.6) is 0 Å². The van der Waals surface area contributed by atoms with Gasteiger partial charge in [0, 0.05) is 32.9 Å². The molecule has 1 aromatic carbocycles. The van der Waals surface area contributed by atoms with Gasteiger partial charge in [-0.1, -0.05) is 17.3 Å². The molecule has 136 valence electrons. The molecular formula is C17H23N3O4S. The van der Waals surface area contributed by atoms with Gasteiger partial charge >= 0.3 is 0 Å². The van der Waals surface area contributed by atoms with E-state index in [4.69, 9.17) is 9.26 Å². The third-order valence-electron chi connectivity index (χ3n) is 4.38. The zero-order valence-electron chi connectivity index (χ0n) is 14.9. The van der Waals surface area contributed by atoms with E-state index in [0.717, 1.165) is 11.3 Å². The van der Waals surface area contributed by atoms with Gasteiger partial charge in [0.05, 0.1) is 12.7 Å². The van der Waals surface area contributed by atoms with Crippen molar-refractivity contribution >= 4 is 15.7 Å². The van der Waals surface area contributed by atoms with Crippen molar-refractivity contribution in [1.29, 1.82) is 0 Å². The summed E-state index contributed by atoms with van der Waals surface area (Å²) in [5, 5.41) is 3.76. The number of morpholine rings is 1. The lowest BCUT2D eigenvalue weighted by Crippen LogP contribution is -2.42. The van der Waals surface area contributed by atoms with E-state index in [0.29, 0.717) is 24.6 Å². The molecule has 1 unspecified atom stereocenters. The van der Waals surface area contributed by atoms with Gasteiger partial charge in [0.25, 0.3) is 0 Å². The van der Waals surface area contributed by atoms with Crippen molar-refractivity contribution in [3.05, 3.63) is 41.3 Å². The van der Waals surface area contributed by atoms with E-state index < -0.39 is 10.0 Å². The van der Waals surface area contributed by atoms with Crippen molar-refractivity contribution in [2.45, 2.75) is 24.8 Å². The molecule has 0 spiro atoms. The quantitative estimate of drug-likeness (QED) is 0.826. The Labute approximate surface area is 148 Å². The van der Waals surface area contributed by atoms with Crippen LogP contribution in [-0.4, -0.2) is 51.7 Å². The SMILES string of the molecule is Cc1noc(C)c1S(=O)(=O)N1CCOC(c2ccc(N(C)C)cc2)C1. The highest BCUT2D eigenvalue weighted by atomic mass is 32.2. The molecule has 25 heavy (non-hydrogen) atoms. The van der Waals surface area contributed by atoms with Gasteiger partial charge in [-0.3, -0.25) is 0 Å². The summed E-state index contributed by atoms with van der Waals surface area (Å²) in [5.74, 6) is 0.316. The lowest BCUT2D eigenvalue weighted by molar-refractivity contribution is -0.00258. The minimum absolute atomic E-state index is 0.163. The molecule has 1 saturated heterocycles. The summed E-state index contributed by atoms with van der Waals surface area (Å²) in [5.41, 5.74) is 2.43. The zero-order chi connectivity index (χ0) is 18.2. The Hall–Kier alpha value is -1.90. The highest BCUT2D eigenvalue weighted by Crippen LogP contribution is 2.29. The molecular weight excluding hydrogens is 342 g/mol. The Bertz CT molecular complexity index is 824. The maximum Gasteiger partial charge on any atom is 0.248 e. The summed E-state index contributed by atoms with van der Waals surface area (Å²) in [7, 11) is 0.299. The molecule has 1 aliphatic rings. The van der Waals surface area contributed by atoms with Gasteiger partial charge in [0.1, 0.15) is 10.6 Å². The number of anilines is 1. The predicted molar refractivity (Wildman–Crippen MR) is 94.2 cm³/mol. The first-order valence-corrected chi connectivity index (χ1v) is 9.56. The van der Waals surface area contributed by atoms with Gasteiger partial charge in [-0.2, -0.15) is 4.31 Å². The highest BCUT2D eigenvalue weighted by molar-refractivity contribution is 7.89. The normalized spacial score (nSPS) is 19.1. The second kappa shape index (κ2) is 6.78. The third-order valence-corrected chi connectivity index (χ3v) is 6.49. The second-order valence-electron chi connectivity index (χ2n) is 6.36. The fraction of sp³-hybridized carbons (Fsp3) is 0.471. The van der Waals surface area contributed by atoms with Gasteiger partial charge in [-0.15, -0.1) is 0 Å². The number of rotatable bonds is 4. The van der Waals surface area contributed by atoms with Crippen molar-refractivity contribution in [2.24, 2.45) is 0 Å². The molecule has 0 radical (unpaired) electrons. The Balaban J connectivity index is 1.83. The zero-order valence-corrected chi connectivity index (χ0v) is 15.7. The summed E-state index contributed by atoms with van der Waals surface area (Å²) in [6.45, 7) is 4.20. The van der Waals surface area contributed by atoms with Crippen molar-refractivity contribution in [2.75, 3.05) is 38.7 Å². The predicted octanol–water partition coefficient (Wildman–Crippen LogP) is 2.12. The van der Waals surface area contributed by atoms with Crippen LogP contribution in [0.2, 0.25) is 0 Å². The standard InChI is InChI=1S/C17H23N3O4S/c1-12-17(13(2)24-18-12)25(21,22)20-9-10-23-16(11-20)14-5-7-15(8-6-14)19(3)4/h5-8,16H,9-11H2,1-4H3. The molecule has 3 rings (SSSR count). The van der Waals surface area contributed by atoms with E-state index in [9.17, 15) is 8.42 Å². The number of sulfonamides is 1. The molecule has 1 fully saturated rings. The minimum atomic E-state index is -3.65. The lowest BCUT2D eigenvalue weighted by atomic mass is 10.1. The number of aryl methyl sites for hydroxylation is 2. The fourth-order valence-corrected chi connectivity index (χ4v) is 4.72. The van der Waals surface area contributed by atoms with Crippen LogP contribution in [0.1, 0.15) is 23.1 Å². The first-order valence-electron chi connectivity index (χ1n) is 8.12. The van der Waals surface area contributed by atoms with E-state index in [1.54, 1.807) is 13.8 Å². The first-order chi connectivity index (χ1) is 11.8. The number of ether oxygens (including phenoxy) is 1. The van der Waals surface area contributed by atoms with Crippen LogP contribution in [0.4, 0.5) is 5.69 Å². The van der Waals surface area contributed by atoms with Gasteiger partial charge in [0.15, 0.2) is 5.76 Å². The molecule has 0 amide bonds. The highest BCUT2D eigenvalue weighted by Gasteiger charge is 2.35. The van der Waals surface area contributed by atoms with Crippen LogP contribution >= 0.6 is 0 Å². The van der Waals surface area contributed by atoms with Gasteiger partial charge in [-0.05, 0) is 31.5 Å². The summed E-state index contributed by atoms with van der Waals surface area (Å²) in [6.07, 6.45) is -0.291. The number of benzene rings is 1. The summed E-state index contributed by atoms with van der Waals surface area (Å²) in [6, 6.07) is 7.96. The van der Waals surface area contributed by atoms with Crippen LogP contribution < -0.4 is 4.90 Å². The smallest absolute Gasteiger partial charge is 0.248 e. The lowest BCUT2D eigenvalue weighted by Gasteiger charge is -2.32. The van der Waals surface area contributed by atoms with E-state index >= 15 is 0 Å². The molecule has 1 aromatic heterocycles.